The molecule has 2 heterocycles. The van der Waals surface area contributed by atoms with Crippen molar-refractivity contribution in [3.8, 4) is 0 Å². The maximum Gasteiger partial charge on any atom is 0.319 e. The van der Waals surface area contributed by atoms with Crippen molar-refractivity contribution in [3.05, 3.63) is 48.4 Å². The van der Waals surface area contributed by atoms with Crippen LogP contribution < -0.4 is 15.5 Å². The SMILES string of the molecule is O=C(NCCCOCc1ccco1)Nc1ccccc1N1CCCC1=O. The Bertz CT molecular complexity index is 730. The van der Waals surface area contributed by atoms with Gasteiger partial charge < -0.3 is 24.7 Å². The number of nitrogens with zero attached hydrogens (tertiary/aromatic N) is 1. The molecule has 0 atom stereocenters. The minimum Gasteiger partial charge on any atom is -0.467 e. The minimum absolute atomic E-state index is 0.0911. The second-order valence-electron chi connectivity index (χ2n) is 6.03. The van der Waals surface area contributed by atoms with E-state index < -0.39 is 0 Å². The van der Waals surface area contributed by atoms with Gasteiger partial charge in [-0.25, -0.2) is 4.79 Å². The van der Waals surface area contributed by atoms with Crippen molar-refractivity contribution in [1.82, 2.24) is 5.32 Å². The van der Waals surface area contributed by atoms with Crippen LogP contribution in [0.15, 0.2) is 47.1 Å². The lowest BCUT2D eigenvalue weighted by atomic mass is 10.2. The molecule has 26 heavy (non-hydrogen) atoms. The molecule has 1 fully saturated rings. The molecule has 0 spiro atoms. The summed E-state index contributed by atoms with van der Waals surface area (Å²) in [6.45, 7) is 2.14. The molecule has 7 heteroatoms. The summed E-state index contributed by atoms with van der Waals surface area (Å²) in [5.74, 6) is 0.872. The van der Waals surface area contributed by atoms with Gasteiger partial charge in [0.05, 0.1) is 17.6 Å². The van der Waals surface area contributed by atoms with Crippen molar-refractivity contribution in [2.45, 2.75) is 25.9 Å². The Morgan fingerprint density at radius 1 is 1.23 bits per heavy atom. The molecule has 7 nitrogen and oxygen atoms in total. The number of nitrogens with one attached hydrogen (secondary N) is 2. The van der Waals surface area contributed by atoms with Gasteiger partial charge in [-0.05, 0) is 37.1 Å². The lowest BCUT2D eigenvalue weighted by Gasteiger charge is -2.20. The highest BCUT2D eigenvalue weighted by Gasteiger charge is 2.24. The number of hydrogen-bond acceptors (Lipinski definition) is 4. The maximum absolute atomic E-state index is 12.1. The average molecular weight is 357 g/mol. The number of hydrogen-bond donors (Lipinski definition) is 2. The van der Waals surface area contributed by atoms with E-state index in [1.165, 1.54) is 0 Å². The van der Waals surface area contributed by atoms with Crippen molar-refractivity contribution >= 4 is 23.3 Å². The highest BCUT2D eigenvalue weighted by Crippen LogP contribution is 2.29. The predicted molar refractivity (Wildman–Crippen MR) is 98.0 cm³/mol. The molecular formula is C19H23N3O4. The van der Waals surface area contributed by atoms with Gasteiger partial charge in [0.15, 0.2) is 0 Å². The number of urea groups is 1. The molecule has 2 aromatic rings. The number of ether oxygens (including phenoxy) is 1. The molecular weight excluding hydrogens is 334 g/mol. The maximum atomic E-state index is 12.1. The normalized spacial score (nSPS) is 13.8. The highest BCUT2D eigenvalue weighted by atomic mass is 16.5. The zero-order valence-electron chi connectivity index (χ0n) is 14.6. The summed E-state index contributed by atoms with van der Waals surface area (Å²) in [6, 6.07) is 10.7. The molecule has 0 bridgehead atoms. The van der Waals surface area contributed by atoms with Gasteiger partial charge in [0.2, 0.25) is 5.91 Å². The molecule has 2 N–H and O–H groups in total. The third kappa shape index (κ3) is 4.86. The first kappa shape index (κ1) is 18.0. The fraction of sp³-hybridized carbons (Fsp3) is 0.368. The molecule has 1 aromatic heterocycles. The third-order valence-corrected chi connectivity index (χ3v) is 4.09. The van der Waals surface area contributed by atoms with Crippen LogP contribution in [0.4, 0.5) is 16.2 Å². The van der Waals surface area contributed by atoms with E-state index >= 15 is 0 Å². The van der Waals surface area contributed by atoms with E-state index in [-0.39, 0.29) is 11.9 Å². The number of rotatable bonds is 8. The monoisotopic (exact) mass is 357 g/mol. The van der Waals surface area contributed by atoms with E-state index in [9.17, 15) is 9.59 Å². The van der Waals surface area contributed by atoms with Crippen LogP contribution in [-0.4, -0.2) is 31.6 Å². The molecule has 0 unspecified atom stereocenters. The summed E-state index contributed by atoms with van der Waals surface area (Å²) in [5.41, 5.74) is 1.38. The van der Waals surface area contributed by atoms with Crippen molar-refractivity contribution in [3.63, 3.8) is 0 Å². The Morgan fingerprint density at radius 2 is 2.12 bits per heavy atom. The molecule has 1 aliphatic heterocycles. The van der Waals surface area contributed by atoms with Gasteiger partial charge in [-0.15, -0.1) is 0 Å². The molecule has 1 saturated heterocycles. The van der Waals surface area contributed by atoms with Crippen LogP contribution in [0.25, 0.3) is 0 Å². The van der Waals surface area contributed by atoms with Gasteiger partial charge in [-0.2, -0.15) is 0 Å². The van der Waals surface area contributed by atoms with Crippen molar-refractivity contribution in [2.24, 2.45) is 0 Å². The fourth-order valence-electron chi connectivity index (χ4n) is 2.83. The molecule has 1 aromatic carbocycles. The average Bonchev–Trinajstić information content (AvgIpc) is 3.30. The largest absolute Gasteiger partial charge is 0.467 e. The Morgan fingerprint density at radius 3 is 2.88 bits per heavy atom. The summed E-state index contributed by atoms with van der Waals surface area (Å²) in [4.78, 5) is 25.8. The van der Waals surface area contributed by atoms with Crippen molar-refractivity contribution in [2.75, 3.05) is 29.9 Å². The number of para-hydroxylation sites is 2. The topological polar surface area (TPSA) is 83.8 Å². The summed E-state index contributed by atoms with van der Waals surface area (Å²) in [5, 5.41) is 5.62. The van der Waals surface area contributed by atoms with Crippen LogP contribution >= 0.6 is 0 Å². The number of amides is 3. The molecule has 1 aliphatic rings. The summed E-state index contributed by atoms with van der Waals surface area (Å²) in [7, 11) is 0. The predicted octanol–water partition coefficient (Wildman–Crippen LogP) is 3.13. The van der Waals surface area contributed by atoms with Crippen LogP contribution in [0.3, 0.4) is 0 Å². The smallest absolute Gasteiger partial charge is 0.319 e. The first-order valence-electron chi connectivity index (χ1n) is 8.78. The zero-order chi connectivity index (χ0) is 18.2. The van der Waals surface area contributed by atoms with E-state index in [2.05, 4.69) is 10.6 Å². The number of anilines is 2. The Labute approximate surface area is 152 Å². The van der Waals surface area contributed by atoms with Crippen molar-refractivity contribution in [1.29, 1.82) is 0 Å². The Hall–Kier alpha value is -2.80. The molecule has 138 valence electrons. The van der Waals surface area contributed by atoms with Gasteiger partial charge in [0.25, 0.3) is 0 Å². The van der Waals surface area contributed by atoms with Gasteiger partial charge in [0.1, 0.15) is 12.4 Å². The minimum atomic E-state index is -0.296. The number of furan rings is 1. The number of carbonyl (C=O) groups excluding carboxylic acids is 2. The van der Waals surface area contributed by atoms with Gasteiger partial charge >= 0.3 is 6.03 Å². The Kier molecular flexibility index (Phi) is 6.27. The summed E-state index contributed by atoms with van der Waals surface area (Å²) in [6.07, 6.45) is 3.70. The second kappa shape index (κ2) is 9.05. The van der Waals surface area contributed by atoms with E-state index in [1.807, 2.05) is 30.3 Å². The van der Waals surface area contributed by atoms with E-state index in [0.29, 0.717) is 44.8 Å². The summed E-state index contributed by atoms with van der Waals surface area (Å²) >= 11 is 0. The molecule has 3 rings (SSSR count). The summed E-state index contributed by atoms with van der Waals surface area (Å²) < 4.78 is 10.6. The van der Waals surface area contributed by atoms with Gasteiger partial charge in [-0.1, -0.05) is 12.1 Å². The first-order valence-corrected chi connectivity index (χ1v) is 8.78. The van der Waals surface area contributed by atoms with Gasteiger partial charge in [0, 0.05) is 26.1 Å². The quantitative estimate of drug-likeness (QED) is 0.711. The molecule has 0 saturated carbocycles. The number of carbonyl (C=O) groups is 2. The first-order chi connectivity index (χ1) is 12.7. The molecule has 0 aliphatic carbocycles. The molecule has 3 amide bonds. The standard InChI is InChI=1S/C19H23N3O4/c23-18-9-3-11-22(18)17-8-2-1-7-16(17)21-19(24)20-10-5-12-25-14-15-6-4-13-26-15/h1-2,4,6-8,13H,3,5,9-12,14H2,(H2,20,21,24). The van der Waals surface area contributed by atoms with Crippen LogP contribution in [0.2, 0.25) is 0 Å². The van der Waals surface area contributed by atoms with E-state index in [4.69, 9.17) is 9.15 Å². The zero-order valence-corrected chi connectivity index (χ0v) is 14.6. The lowest BCUT2D eigenvalue weighted by Crippen LogP contribution is -2.31. The van der Waals surface area contributed by atoms with Crippen LogP contribution in [0.5, 0.6) is 0 Å². The van der Waals surface area contributed by atoms with Crippen molar-refractivity contribution < 1.29 is 18.7 Å². The highest BCUT2D eigenvalue weighted by molar-refractivity contribution is 6.01. The molecule has 0 radical (unpaired) electrons. The third-order valence-electron chi connectivity index (χ3n) is 4.09. The van der Waals surface area contributed by atoms with Crippen LogP contribution in [-0.2, 0) is 16.1 Å². The second-order valence-corrected chi connectivity index (χ2v) is 6.03. The van der Waals surface area contributed by atoms with Crippen LogP contribution in [0.1, 0.15) is 25.0 Å². The van der Waals surface area contributed by atoms with Crippen LogP contribution in [0, 0.1) is 0 Å². The number of benzene rings is 1. The Balaban J connectivity index is 1.40. The van der Waals surface area contributed by atoms with Gasteiger partial charge in [-0.3, -0.25) is 4.79 Å². The van der Waals surface area contributed by atoms with E-state index in [0.717, 1.165) is 17.9 Å². The lowest BCUT2D eigenvalue weighted by molar-refractivity contribution is -0.117. The fourth-order valence-corrected chi connectivity index (χ4v) is 2.83. The van der Waals surface area contributed by atoms with E-state index in [1.54, 1.807) is 17.2 Å².